The average Bonchev–Trinajstić information content (AvgIpc) is 3.34. The molecule has 0 bridgehead atoms. The van der Waals surface area contributed by atoms with E-state index in [1.165, 1.54) is 186 Å². The summed E-state index contributed by atoms with van der Waals surface area (Å²) < 4.78 is 17.4. The van der Waals surface area contributed by atoms with Gasteiger partial charge >= 0.3 is 11.9 Å². The van der Waals surface area contributed by atoms with E-state index in [2.05, 4.69) is 87.6 Å². The zero-order chi connectivity index (χ0) is 49.2. The molecular weight excluding hydrogens is 837 g/mol. The van der Waals surface area contributed by atoms with E-state index in [1.54, 1.807) is 0 Å². The highest BCUT2D eigenvalue weighted by atomic mass is 16.6. The molecule has 0 saturated carbocycles. The van der Waals surface area contributed by atoms with Gasteiger partial charge in [0.25, 0.3) is 0 Å². The number of esters is 2. The molecular formula is C63H112O5. The third kappa shape index (κ3) is 55.9. The zero-order valence-corrected chi connectivity index (χ0v) is 45.4. The lowest BCUT2D eigenvalue weighted by Gasteiger charge is -2.18. The highest BCUT2D eigenvalue weighted by Gasteiger charge is 2.17. The molecule has 0 N–H and O–H groups in total. The van der Waals surface area contributed by atoms with Crippen LogP contribution in [0.15, 0.2) is 72.9 Å². The largest absolute Gasteiger partial charge is 0.462 e. The second-order valence-electron chi connectivity index (χ2n) is 19.5. The molecule has 0 spiro atoms. The number of ether oxygens (including phenoxy) is 3. The number of unbranched alkanes of at least 4 members (excludes halogenated alkanes) is 31. The van der Waals surface area contributed by atoms with Crippen molar-refractivity contribution in [1.82, 2.24) is 0 Å². The molecule has 68 heavy (non-hydrogen) atoms. The zero-order valence-electron chi connectivity index (χ0n) is 45.4. The first kappa shape index (κ1) is 65.3. The SMILES string of the molecule is CC/C=C\C/C=C\C/C=C\C/C=C\C/C=C\C/C=C\CCC(=O)O[C@H](COCCCCCCCCCCCCCCCCCC)COC(=O)CCCCCCCCCCCCCCCCCCC. The topological polar surface area (TPSA) is 61.8 Å². The predicted octanol–water partition coefficient (Wildman–Crippen LogP) is 20.2. The molecule has 0 amide bonds. The van der Waals surface area contributed by atoms with Crippen molar-refractivity contribution >= 4 is 11.9 Å². The molecule has 0 fully saturated rings. The van der Waals surface area contributed by atoms with Crippen LogP contribution in [0.2, 0.25) is 0 Å². The number of carbonyl (C=O) groups excluding carboxylic acids is 2. The molecule has 0 radical (unpaired) electrons. The van der Waals surface area contributed by atoms with Crippen LogP contribution in [-0.4, -0.2) is 37.9 Å². The molecule has 5 heteroatoms. The quantitative estimate of drug-likeness (QED) is 0.0345. The van der Waals surface area contributed by atoms with E-state index in [9.17, 15) is 9.59 Å². The van der Waals surface area contributed by atoms with Crippen molar-refractivity contribution in [2.24, 2.45) is 0 Å². The highest BCUT2D eigenvalue weighted by Crippen LogP contribution is 2.16. The summed E-state index contributed by atoms with van der Waals surface area (Å²) in [5, 5.41) is 0. The van der Waals surface area contributed by atoms with Crippen molar-refractivity contribution in [3.8, 4) is 0 Å². The Morgan fingerprint density at radius 2 is 0.662 bits per heavy atom. The minimum absolute atomic E-state index is 0.0579. The summed E-state index contributed by atoms with van der Waals surface area (Å²) in [6, 6.07) is 0. The first-order valence-electron chi connectivity index (χ1n) is 29.5. The molecule has 0 rings (SSSR count). The van der Waals surface area contributed by atoms with Crippen molar-refractivity contribution in [3.05, 3.63) is 72.9 Å². The summed E-state index contributed by atoms with van der Waals surface area (Å²) in [5.41, 5.74) is 0. The van der Waals surface area contributed by atoms with Crippen LogP contribution in [-0.2, 0) is 23.8 Å². The number of carbonyl (C=O) groups is 2. The lowest BCUT2D eigenvalue weighted by atomic mass is 10.0. The van der Waals surface area contributed by atoms with Crippen LogP contribution in [0.3, 0.4) is 0 Å². The molecule has 5 nitrogen and oxygen atoms in total. The number of hydrogen-bond donors (Lipinski definition) is 0. The van der Waals surface area contributed by atoms with Gasteiger partial charge in [0.05, 0.1) is 6.61 Å². The second kappa shape index (κ2) is 58.7. The maximum absolute atomic E-state index is 12.8. The fraction of sp³-hybridized carbons (Fsp3) is 0.778. The fourth-order valence-electron chi connectivity index (χ4n) is 8.42. The molecule has 0 aromatic carbocycles. The Labute approximate surface area is 423 Å². The second-order valence-corrected chi connectivity index (χ2v) is 19.5. The van der Waals surface area contributed by atoms with Gasteiger partial charge in [0.1, 0.15) is 6.61 Å². The van der Waals surface area contributed by atoms with Gasteiger partial charge in [0.2, 0.25) is 0 Å². The molecule has 0 unspecified atom stereocenters. The van der Waals surface area contributed by atoms with Crippen molar-refractivity contribution in [1.29, 1.82) is 0 Å². The Hall–Kier alpha value is -2.66. The Kier molecular flexibility index (Phi) is 56.4. The van der Waals surface area contributed by atoms with Gasteiger partial charge < -0.3 is 14.2 Å². The van der Waals surface area contributed by atoms with Gasteiger partial charge in [-0.3, -0.25) is 9.59 Å². The molecule has 0 aliphatic rings. The first-order chi connectivity index (χ1) is 33.6. The summed E-state index contributed by atoms with van der Waals surface area (Å²) in [5.74, 6) is -0.479. The Balaban J connectivity index is 4.36. The Morgan fingerprint density at radius 1 is 0.338 bits per heavy atom. The maximum Gasteiger partial charge on any atom is 0.306 e. The van der Waals surface area contributed by atoms with Gasteiger partial charge in [0, 0.05) is 19.4 Å². The van der Waals surface area contributed by atoms with Gasteiger partial charge in [0.15, 0.2) is 6.10 Å². The van der Waals surface area contributed by atoms with Crippen molar-refractivity contribution < 1.29 is 23.8 Å². The third-order valence-electron chi connectivity index (χ3n) is 12.8. The highest BCUT2D eigenvalue weighted by molar-refractivity contribution is 5.70. The minimum atomic E-state index is -0.576. The van der Waals surface area contributed by atoms with Crippen LogP contribution in [0.5, 0.6) is 0 Å². The average molecular weight is 950 g/mol. The summed E-state index contributed by atoms with van der Waals surface area (Å²) in [4.78, 5) is 25.5. The van der Waals surface area contributed by atoms with Crippen LogP contribution in [0.4, 0.5) is 0 Å². The Bertz CT molecular complexity index is 1210. The van der Waals surface area contributed by atoms with Crippen LogP contribution in [0.25, 0.3) is 0 Å². The smallest absolute Gasteiger partial charge is 0.306 e. The van der Waals surface area contributed by atoms with Crippen molar-refractivity contribution in [2.75, 3.05) is 19.8 Å². The number of rotatable bonds is 54. The number of allylic oxidation sites excluding steroid dienone is 12. The molecule has 1 atom stereocenters. The van der Waals surface area contributed by atoms with Gasteiger partial charge in [-0.15, -0.1) is 0 Å². The molecule has 0 aliphatic carbocycles. The number of hydrogen-bond acceptors (Lipinski definition) is 5. The molecule has 0 saturated heterocycles. The molecule has 0 heterocycles. The molecule has 0 aromatic rings. The van der Waals surface area contributed by atoms with E-state index < -0.39 is 6.10 Å². The van der Waals surface area contributed by atoms with Gasteiger partial charge in [-0.1, -0.05) is 293 Å². The standard InChI is InChI=1S/C63H112O5/c1-4-7-10-13-16-19-22-25-28-31-32-34-36-39-42-45-48-51-54-57-63(65)68-61(59-66-58-55-52-49-46-43-40-37-30-27-24-21-18-15-12-9-6-3)60-67-62(64)56-53-50-47-44-41-38-35-33-29-26-23-20-17-14-11-8-5-2/h7,10,16,19,25,28,32,34,39,42,48,51,61H,4-6,8-9,11-15,17-18,20-24,26-27,29-31,33,35-38,40-41,43-47,49-50,52-60H2,1-3H3/b10-7-,19-16-,28-25-,34-32-,42-39-,51-48-/t61-/m1/s1. The molecule has 0 aromatic heterocycles. The van der Waals surface area contributed by atoms with Crippen LogP contribution in [0, 0.1) is 0 Å². The van der Waals surface area contributed by atoms with E-state index in [-0.39, 0.29) is 25.2 Å². The summed E-state index contributed by atoms with van der Waals surface area (Å²) in [7, 11) is 0. The van der Waals surface area contributed by atoms with Gasteiger partial charge in [-0.05, 0) is 57.8 Å². The lowest BCUT2D eigenvalue weighted by Crippen LogP contribution is -2.30. The minimum Gasteiger partial charge on any atom is -0.462 e. The van der Waals surface area contributed by atoms with E-state index in [1.807, 2.05) is 6.08 Å². The van der Waals surface area contributed by atoms with E-state index in [0.29, 0.717) is 25.9 Å². The lowest BCUT2D eigenvalue weighted by molar-refractivity contribution is -0.162. The summed E-state index contributed by atoms with van der Waals surface area (Å²) in [6.45, 7) is 7.69. The van der Waals surface area contributed by atoms with E-state index in [0.717, 1.165) is 64.2 Å². The van der Waals surface area contributed by atoms with Gasteiger partial charge in [-0.25, -0.2) is 0 Å². The van der Waals surface area contributed by atoms with Crippen LogP contribution in [0.1, 0.15) is 290 Å². The summed E-state index contributed by atoms with van der Waals surface area (Å²) >= 11 is 0. The van der Waals surface area contributed by atoms with Crippen LogP contribution >= 0.6 is 0 Å². The fourth-order valence-corrected chi connectivity index (χ4v) is 8.42. The summed E-state index contributed by atoms with van der Waals surface area (Å²) in [6.07, 6.45) is 76.5. The molecule has 394 valence electrons. The van der Waals surface area contributed by atoms with Crippen molar-refractivity contribution in [3.63, 3.8) is 0 Å². The Morgan fingerprint density at radius 3 is 1.03 bits per heavy atom. The maximum atomic E-state index is 12.8. The van der Waals surface area contributed by atoms with E-state index in [4.69, 9.17) is 14.2 Å². The third-order valence-corrected chi connectivity index (χ3v) is 12.8. The van der Waals surface area contributed by atoms with Crippen molar-refractivity contribution in [2.45, 2.75) is 297 Å². The monoisotopic (exact) mass is 949 g/mol. The van der Waals surface area contributed by atoms with Gasteiger partial charge in [-0.2, -0.15) is 0 Å². The predicted molar refractivity (Wildman–Crippen MR) is 297 cm³/mol. The first-order valence-corrected chi connectivity index (χ1v) is 29.5. The van der Waals surface area contributed by atoms with Crippen LogP contribution < -0.4 is 0 Å². The van der Waals surface area contributed by atoms with E-state index >= 15 is 0 Å². The molecule has 0 aliphatic heterocycles. The normalized spacial score (nSPS) is 12.7.